The molecular formula is C24H23FN2O3. The van der Waals surface area contributed by atoms with Gasteiger partial charge in [0, 0.05) is 12.3 Å². The van der Waals surface area contributed by atoms with Crippen molar-refractivity contribution >= 4 is 11.8 Å². The predicted molar refractivity (Wildman–Crippen MR) is 112 cm³/mol. The van der Waals surface area contributed by atoms with Crippen LogP contribution in [-0.4, -0.2) is 17.9 Å². The van der Waals surface area contributed by atoms with Crippen LogP contribution in [-0.2, 0) is 9.59 Å². The average molecular weight is 406 g/mol. The fraction of sp³-hybridized carbons (Fsp3) is 0.167. The molecule has 0 fully saturated rings. The van der Waals surface area contributed by atoms with Crippen LogP contribution in [0.5, 0.6) is 5.75 Å². The lowest BCUT2D eigenvalue weighted by atomic mass is 9.88. The summed E-state index contributed by atoms with van der Waals surface area (Å²) in [6, 6.07) is 25.2. The van der Waals surface area contributed by atoms with E-state index in [-0.39, 0.29) is 24.0 Å². The molecule has 3 aromatic rings. The van der Waals surface area contributed by atoms with Gasteiger partial charge in [-0.15, -0.1) is 0 Å². The minimum absolute atomic E-state index is 0.0281. The zero-order chi connectivity index (χ0) is 21.3. The van der Waals surface area contributed by atoms with Crippen LogP contribution >= 0.6 is 0 Å². The van der Waals surface area contributed by atoms with Gasteiger partial charge in [-0.1, -0.05) is 72.8 Å². The first kappa shape index (κ1) is 21.0. The molecule has 0 bridgehead atoms. The topological polar surface area (TPSA) is 67.4 Å². The molecule has 2 amide bonds. The van der Waals surface area contributed by atoms with Crippen LogP contribution in [0.2, 0.25) is 0 Å². The summed E-state index contributed by atoms with van der Waals surface area (Å²) in [5, 5.41) is 0. The van der Waals surface area contributed by atoms with Gasteiger partial charge in [-0.3, -0.25) is 20.4 Å². The van der Waals surface area contributed by atoms with Crippen LogP contribution in [0, 0.1) is 5.82 Å². The lowest BCUT2D eigenvalue weighted by molar-refractivity contribution is -0.132. The van der Waals surface area contributed by atoms with Crippen molar-refractivity contribution in [3.05, 3.63) is 102 Å². The maximum Gasteiger partial charge on any atom is 0.279 e. The van der Waals surface area contributed by atoms with Crippen molar-refractivity contribution in [1.82, 2.24) is 10.9 Å². The van der Waals surface area contributed by atoms with Gasteiger partial charge >= 0.3 is 0 Å². The second kappa shape index (κ2) is 10.2. The van der Waals surface area contributed by atoms with Gasteiger partial charge in [-0.25, -0.2) is 4.39 Å². The molecule has 0 aliphatic rings. The second-order valence-electron chi connectivity index (χ2n) is 6.81. The number of rotatable bonds is 7. The van der Waals surface area contributed by atoms with Crippen LogP contribution in [0.25, 0.3) is 0 Å². The highest BCUT2D eigenvalue weighted by Crippen LogP contribution is 2.27. The summed E-state index contributed by atoms with van der Waals surface area (Å²) in [5.41, 5.74) is 6.77. The summed E-state index contributed by atoms with van der Waals surface area (Å²) in [6.45, 7) is 1.48. The molecule has 0 aliphatic heterocycles. The molecule has 0 saturated heterocycles. The van der Waals surface area contributed by atoms with E-state index in [4.69, 9.17) is 4.74 Å². The third kappa shape index (κ3) is 5.67. The molecule has 3 aromatic carbocycles. The van der Waals surface area contributed by atoms with E-state index in [2.05, 4.69) is 10.9 Å². The van der Waals surface area contributed by atoms with Crippen molar-refractivity contribution in [3.63, 3.8) is 0 Å². The zero-order valence-corrected chi connectivity index (χ0v) is 16.5. The van der Waals surface area contributed by atoms with Gasteiger partial charge < -0.3 is 4.74 Å². The van der Waals surface area contributed by atoms with Crippen molar-refractivity contribution in [2.75, 3.05) is 0 Å². The Morgan fingerprint density at radius 1 is 0.833 bits per heavy atom. The molecule has 0 heterocycles. The highest BCUT2D eigenvalue weighted by Gasteiger charge is 2.20. The molecule has 2 N–H and O–H groups in total. The van der Waals surface area contributed by atoms with Crippen molar-refractivity contribution < 1.29 is 18.7 Å². The SMILES string of the molecule is CC(Oc1ccccc1F)C(=O)NNC(=O)CC(c1ccccc1)c1ccccc1. The van der Waals surface area contributed by atoms with Gasteiger partial charge in [-0.05, 0) is 30.2 Å². The Labute approximate surface area is 174 Å². The first-order valence-electron chi connectivity index (χ1n) is 9.64. The first-order valence-corrected chi connectivity index (χ1v) is 9.64. The zero-order valence-electron chi connectivity index (χ0n) is 16.5. The number of halogens is 1. The van der Waals surface area contributed by atoms with Crippen LogP contribution in [0.4, 0.5) is 4.39 Å². The van der Waals surface area contributed by atoms with Gasteiger partial charge in [0.25, 0.3) is 5.91 Å². The lowest BCUT2D eigenvalue weighted by Gasteiger charge is -2.19. The molecule has 0 radical (unpaired) electrons. The molecule has 1 atom stereocenters. The highest BCUT2D eigenvalue weighted by molar-refractivity contribution is 5.85. The Balaban J connectivity index is 1.59. The van der Waals surface area contributed by atoms with Gasteiger partial charge in [0.05, 0.1) is 0 Å². The standard InChI is InChI=1S/C24H23FN2O3/c1-17(30-22-15-9-8-14-21(22)25)24(29)27-26-23(28)16-20(18-10-4-2-5-11-18)19-12-6-3-7-13-19/h2-15,17,20H,16H2,1H3,(H,26,28)(H,27,29). The minimum Gasteiger partial charge on any atom is -0.478 e. The molecule has 1 unspecified atom stereocenters. The molecule has 154 valence electrons. The van der Waals surface area contributed by atoms with Crippen molar-refractivity contribution in [1.29, 1.82) is 0 Å². The van der Waals surface area contributed by atoms with E-state index in [0.29, 0.717) is 0 Å². The number of nitrogens with one attached hydrogen (secondary N) is 2. The molecule has 0 spiro atoms. The fourth-order valence-electron chi connectivity index (χ4n) is 3.05. The molecule has 0 aromatic heterocycles. The monoisotopic (exact) mass is 406 g/mol. The van der Waals surface area contributed by atoms with Gasteiger partial charge in [0.2, 0.25) is 5.91 Å². The number of amides is 2. The Morgan fingerprint density at radius 3 is 1.93 bits per heavy atom. The lowest BCUT2D eigenvalue weighted by Crippen LogP contribution is -2.47. The van der Waals surface area contributed by atoms with E-state index in [0.717, 1.165) is 11.1 Å². The smallest absolute Gasteiger partial charge is 0.279 e. The van der Waals surface area contributed by atoms with Crippen LogP contribution in [0.1, 0.15) is 30.4 Å². The van der Waals surface area contributed by atoms with E-state index >= 15 is 0 Å². The predicted octanol–water partition coefficient (Wildman–Crippen LogP) is 3.96. The quantitative estimate of drug-likeness (QED) is 0.584. The summed E-state index contributed by atoms with van der Waals surface area (Å²) in [7, 11) is 0. The summed E-state index contributed by atoms with van der Waals surface area (Å²) < 4.78 is 19.0. The summed E-state index contributed by atoms with van der Waals surface area (Å²) >= 11 is 0. The van der Waals surface area contributed by atoms with Crippen molar-refractivity contribution in [2.45, 2.75) is 25.4 Å². The van der Waals surface area contributed by atoms with E-state index < -0.39 is 17.8 Å². The number of hydrazine groups is 1. The molecule has 3 rings (SSSR count). The maximum absolute atomic E-state index is 13.7. The summed E-state index contributed by atoms with van der Waals surface area (Å²) in [6.07, 6.45) is -0.835. The molecule has 30 heavy (non-hydrogen) atoms. The molecule has 0 aliphatic carbocycles. The van der Waals surface area contributed by atoms with Gasteiger partial charge in [0.1, 0.15) is 0 Å². The minimum atomic E-state index is -0.985. The number of benzene rings is 3. The van der Waals surface area contributed by atoms with E-state index in [9.17, 15) is 14.0 Å². The van der Waals surface area contributed by atoms with E-state index in [1.165, 1.54) is 25.1 Å². The molecule has 6 heteroatoms. The molecular weight excluding hydrogens is 383 g/mol. The number of hydrogen-bond donors (Lipinski definition) is 2. The van der Waals surface area contributed by atoms with E-state index in [1.54, 1.807) is 6.07 Å². The number of carbonyl (C=O) groups excluding carboxylic acids is 2. The Hall–Kier alpha value is -3.67. The fourth-order valence-corrected chi connectivity index (χ4v) is 3.05. The van der Waals surface area contributed by atoms with Crippen LogP contribution in [0.3, 0.4) is 0 Å². The summed E-state index contributed by atoms with van der Waals surface area (Å²) in [4.78, 5) is 24.7. The van der Waals surface area contributed by atoms with Crippen molar-refractivity contribution in [3.8, 4) is 5.75 Å². The summed E-state index contributed by atoms with van der Waals surface area (Å²) in [5.74, 6) is -1.67. The first-order chi connectivity index (χ1) is 14.5. The Morgan fingerprint density at radius 2 is 1.37 bits per heavy atom. The van der Waals surface area contributed by atoms with Crippen molar-refractivity contribution in [2.24, 2.45) is 0 Å². The average Bonchev–Trinajstić information content (AvgIpc) is 2.78. The number of hydrogen-bond acceptors (Lipinski definition) is 3. The highest BCUT2D eigenvalue weighted by atomic mass is 19.1. The Bertz CT molecular complexity index is 941. The largest absolute Gasteiger partial charge is 0.478 e. The number of carbonyl (C=O) groups is 2. The third-order valence-electron chi connectivity index (χ3n) is 4.63. The second-order valence-corrected chi connectivity index (χ2v) is 6.81. The van der Waals surface area contributed by atoms with Crippen LogP contribution in [0.15, 0.2) is 84.9 Å². The number of para-hydroxylation sites is 1. The third-order valence-corrected chi connectivity index (χ3v) is 4.63. The maximum atomic E-state index is 13.7. The van der Waals surface area contributed by atoms with Gasteiger partial charge in [0.15, 0.2) is 17.7 Å². The van der Waals surface area contributed by atoms with Gasteiger partial charge in [-0.2, -0.15) is 0 Å². The van der Waals surface area contributed by atoms with E-state index in [1.807, 2.05) is 60.7 Å². The number of ether oxygens (including phenoxy) is 1. The van der Waals surface area contributed by atoms with Crippen LogP contribution < -0.4 is 15.6 Å². The normalized spacial score (nSPS) is 11.6. The molecule has 0 saturated carbocycles. The molecule has 5 nitrogen and oxygen atoms in total. The Kier molecular flexibility index (Phi) is 7.16.